The number of carbonyl (C=O) groups excluding carboxylic acids is 1. The first-order valence-corrected chi connectivity index (χ1v) is 7.88. The number of hydrogen-bond acceptors (Lipinski definition) is 3. The SMILES string of the molecule is Cc1ccc(C2=NN(c3cccc([N+](C)(C)C)c3)C(=O)CO2)cc1. The molecule has 0 radical (unpaired) electrons. The smallest absolute Gasteiger partial charge is 0.285 e. The molecular formula is C19H22N3O2+. The molecule has 2 aromatic rings. The topological polar surface area (TPSA) is 41.9 Å². The van der Waals surface area contributed by atoms with E-state index in [9.17, 15) is 4.79 Å². The van der Waals surface area contributed by atoms with E-state index < -0.39 is 0 Å². The van der Waals surface area contributed by atoms with Crippen molar-refractivity contribution >= 4 is 23.2 Å². The fourth-order valence-corrected chi connectivity index (χ4v) is 2.45. The summed E-state index contributed by atoms with van der Waals surface area (Å²) in [5.74, 6) is 0.287. The highest BCUT2D eigenvalue weighted by molar-refractivity contribution is 6.04. The van der Waals surface area contributed by atoms with Gasteiger partial charge in [0, 0.05) is 11.6 Å². The summed E-state index contributed by atoms with van der Waals surface area (Å²) in [4.78, 5) is 12.3. The van der Waals surface area contributed by atoms with Crippen molar-refractivity contribution in [3.8, 4) is 0 Å². The van der Waals surface area contributed by atoms with E-state index in [1.165, 1.54) is 10.6 Å². The predicted octanol–water partition coefficient (Wildman–Crippen LogP) is 2.92. The normalized spacial score (nSPS) is 15.1. The molecule has 0 bridgehead atoms. The van der Waals surface area contributed by atoms with E-state index in [0.717, 1.165) is 16.9 Å². The Hall–Kier alpha value is -2.66. The first kappa shape index (κ1) is 16.2. The lowest BCUT2D eigenvalue weighted by molar-refractivity contribution is -0.121. The van der Waals surface area contributed by atoms with Gasteiger partial charge in [0.05, 0.1) is 26.8 Å². The lowest BCUT2D eigenvalue weighted by Crippen LogP contribution is -2.38. The summed E-state index contributed by atoms with van der Waals surface area (Å²) >= 11 is 0. The number of amides is 1. The van der Waals surface area contributed by atoms with Gasteiger partial charge in [-0.2, -0.15) is 5.01 Å². The predicted molar refractivity (Wildman–Crippen MR) is 97.2 cm³/mol. The Balaban J connectivity index is 1.98. The summed E-state index contributed by atoms with van der Waals surface area (Å²) in [5.41, 5.74) is 3.87. The fraction of sp³-hybridized carbons (Fsp3) is 0.263. The lowest BCUT2D eigenvalue weighted by atomic mass is 10.1. The van der Waals surface area contributed by atoms with Crippen LogP contribution in [0.1, 0.15) is 11.1 Å². The molecule has 5 nitrogen and oxygen atoms in total. The van der Waals surface area contributed by atoms with Gasteiger partial charge in [-0.05, 0) is 31.2 Å². The van der Waals surface area contributed by atoms with E-state index >= 15 is 0 Å². The van der Waals surface area contributed by atoms with Crippen LogP contribution in [0, 0.1) is 6.92 Å². The zero-order chi connectivity index (χ0) is 17.3. The third kappa shape index (κ3) is 3.31. The number of carbonyl (C=O) groups is 1. The van der Waals surface area contributed by atoms with Crippen LogP contribution < -0.4 is 9.49 Å². The van der Waals surface area contributed by atoms with Crippen LogP contribution in [0.4, 0.5) is 11.4 Å². The van der Waals surface area contributed by atoms with Gasteiger partial charge in [-0.1, -0.05) is 23.8 Å². The maximum Gasteiger partial charge on any atom is 0.285 e. The molecule has 0 fully saturated rings. The number of rotatable bonds is 3. The molecule has 1 aliphatic rings. The van der Waals surface area contributed by atoms with Crippen LogP contribution in [-0.2, 0) is 9.53 Å². The molecule has 3 rings (SSSR count). The van der Waals surface area contributed by atoms with Gasteiger partial charge in [0.15, 0.2) is 6.61 Å². The van der Waals surface area contributed by atoms with Crippen molar-refractivity contribution in [1.82, 2.24) is 4.48 Å². The minimum atomic E-state index is -0.176. The molecule has 0 aromatic heterocycles. The van der Waals surface area contributed by atoms with Crippen molar-refractivity contribution in [2.75, 3.05) is 32.8 Å². The van der Waals surface area contributed by atoms with Crippen LogP contribution in [0.25, 0.3) is 0 Å². The van der Waals surface area contributed by atoms with Gasteiger partial charge in [0.25, 0.3) is 5.91 Å². The second-order valence-electron chi connectivity index (χ2n) is 6.80. The summed E-state index contributed by atoms with van der Waals surface area (Å²) in [6, 6.07) is 15.8. The van der Waals surface area contributed by atoms with Crippen LogP contribution >= 0.6 is 0 Å². The third-order valence-electron chi connectivity index (χ3n) is 3.91. The van der Waals surface area contributed by atoms with E-state index in [1.54, 1.807) is 0 Å². The second-order valence-corrected chi connectivity index (χ2v) is 6.80. The van der Waals surface area contributed by atoms with E-state index in [1.807, 2.05) is 55.5 Å². The number of hydrogen-bond donors (Lipinski definition) is 0. The highest BCUT2D eigenvalue weighted by Crippen LogP contribution is 2.26. The van der Waals surface area contributed by atoms with Gasteiger partial charge in [-0.15, -0.1) is 5.10 Å². The summed E-state index contributed by atoms with van der Waals surface area (Å²) < 4.78 is 6.19. The molecule has 1 amide bonds. The van der Waals surface area contributed by atoms with Crippen LogP contribution in [0.15, 0.2) is 53.6 Å². The van der Waals surface area contributed by atoms with Crippen molar-refractivity contribution in [2.24, 2.45) is 5.10 Å². The molecule has 0 saturated carbocycles. The Morgan fingerprint density at radius 2 is 1.79 bits per heavy atom. The van der Waals surface area contributed by atoms with Gasteiger partial charge in [-0.25, -0.2) is 0 Å². The van der Waals surface area contributed by atoms with Gasteiger partial charge in [-0.3, -0.25) is 9.28 Å². The van der Waals surface area contributed by atoms with Crippen LogP contribution in [0.3, 0.4) is 0 Å². The number of nitrogens with zero attached hydrogens (tertiary/aromatic N) is 3. The Morgan fingerprint density at radius 3 is 2.46 bits per heavy atom. The summed E-state index contributed by atoms with van der Waals surface area (Å²) in [6.07, 6.45) is 0. The second kappa shape index (κ2) is 6.09. The van der Waals surface area contributed by atoms with Gasteiger partial charge in [0.2, 0.25) is 5.90 Å². The average molecular weight is 324 g/mol. The number of quaternary nitrogens is 1. The molecule has 0 spiro atoms. The zero-order valence-corrected chi connectivity index (χ0v) is 14.5. The molecule has 0 aliphatic carbocycles. The zero-order valence-electron chi connectivity index (χ0n) is 14.5. The van der Waals surface area contributed by atoms with Crippen LogP contribution in [0.2, 0.25) is 0 Å². The quantitative estimate of drug-likeness (QED) is 0.815. The number of ether oxygens (including phenoxy) is 1. The Morgan fingerprint density at radius 1 is 1.08 bits per heavy atom. The molecule has 0 saturated heterocycles. The molecule has 24 heavy (non-hydrogen) atoms. The first-order valence-electron chi connectivity index (χ1n) is 7.88. The fourth-order valence-electron chi connectivity index (χ4n) is 2.45. The molecule has 0 atom stereocenters. The number of benzene rings is 2. The van der Waals surface area contributed by atoms with Crippen molar-refractivity contribution in [2.45, 2.75) is 6.92 Å². The van der Waals surface area contributed by atoms with Gasteiger partial charge < -0.3 is 4.74 Å². The highest BCUT2D eigenvalue weighted by atomic mass is 16.5. The number of aryl methyl sites for hydroxylation is 1. The molecule has 2 aromatic carbocycles. The number of hydrazone groups is 1. The summed E-state index contributed by atoms with van der Waals surface area (Å²) in [6.45, 7) is 2.01. The van der Waals surface area contributed by atoms with E-state index in [0.29, 0.717) is 10.4 Å². The average Bonchev–Trinajstić information content (AvgIpc) is 2.55. The molecule has 1 heterocycles. The van der Waals surface area contributed by atoms with Gasteiger partial charge >= 0.3 is 0 Å². The standard InChI is InChI=1S/C19H22N3O2/c1-14-8-10-15(11-9-14)19-20-21(18(23)13-24-19)16-6-5-7-17(12-16)22(2,3)4/h5-12H,13H2,1-4H3/q+1. The summed E-state index contributed by atoms with van der Waals surface area (Å²) in [5, 5.41) is 5.86. The van der Waals surface area contributed by atoms with Crippen molar-refractivity contribution in [1.29, 1.82) is 0 Å². The highest BCUT2D eigenvalue weighted by Gasteiger charge is 2.25. The van der Waals surface area contributed by atoms with Crippen LogP contribution in [-0.4, -0.2) is 39.6 Å². The van der Waals surface area contributed by atoms with E-state index in [2.05, 4.69) is 26.2 Å². The maximum absolute atomic E-state index is 12.3. The molecule has 1 aliphatic heterocycles. The monoisotopic (exact) mass is 324 g/mol. The minimum Gasteiger partial charge on any atom is -0.466 e. The molecule has 124 valence electrons. The van der Waals surface area contributed by atoms with E-state index in [4.69, 9.17) is 4.74 Å². The first-order chi connectivity index (χ1) is 11.3. The molecule has 0 N–H and O–H groups in total. The molecule has 5 heteroatoms. The van der Waals surface area contributed by atoms with Crippen molar-refractivity contribution < 1.29 is 9.53 Å². The Labute approximate surface area is 142 Å². The lowest BCUT2D eigenvalue weighted by Gasteiger charge is -2.27. The number of anilines is 1. The third-order valence-corrected chi connectivity index (χ3v) is 3.91. The van der Waals surface area contributed by atoms with Crippen molar-refractivity contribution in [3.63, 3.8) is 0 Å². The molecular weight excluding hydrogens is 302 g/mol. The van der Waals surface area contributed by atoms with Crippen LogP contribution in [0.5, 0.6) is 0 Å². The Bertz CT molecular complexity index is 789. The Kier molecular flexibility index (Phi) is 4.11. The minimum absolute atomic E-state index is 0.0126. The largest absolute Gasteiger partial charge is 0.466 e. The maximum atomic E-state index is 12.3. The summed E-state index contributed by atoms with van der Waals surface area (Å²) in [7, 11) is 6.25. The molecule has 0 unspecified atom stereocenters. The van der Waals surface area contributed by atoms with E-state index in [-0.39, 0.29) is 12.5 Å². The van der Waals surface area contributed by atoms with Gasteiger partial charge in [0.1, 0.15) is 5.69 Å². The van der Waals surface area contributed by atoms with Crippen molar-refractivity contribution in [3.05, 3.63) is 59.7 Å².